The Morgan fingerprint density at radius 3 is 2.08 bits per heavy atom. The van der Waals surface area contributed by atoms with Crippen LogP contribution in [0.3, 0.4) is 0 Å². The molecule has 78 valence electrons. The molecule has 2 N–H and O–H groups in total. The van der Waals surface area contributed by atoms with Gasteiger partial charge in [0, 0.05) is 18.9 Å². The predicted octanol–water partition coefficient (Wildman–Crippen LogP) is 0.440. The minimum Gasteiger partial charge on any atom is -0.330 e. The maximum absolute atomic E-state index is 3.40. The van der Waals surface area contributed by atoms with E-state index in [4.69, 9.17) is 0 Å². The highest BCUT2D eigenvalue weighted by molar-refractivity contribution is 4.88. The molecule has 4 atom stereocenters. The second-order valence-corrected chi connectivity index (χ2v) is 4.02. The monoisotopic (exact) mass is 185 g/mol. The van der Waals surface area contributed by atoms with Gasteiger partial charge in [-0.1, -0.05) is 13.8 Å². The van der Waals surface area contributed by atoms with Gasteiger partial charge in [-0.25, -0.2) is 0 Å². The van der Waals surface area contributed by atoms with Gasteiger partial charge in [0.2, 0.25) is 0 Å². The lowest BCUT2D eigenvalue weighted by molar-refractivity contribution is -0.998. The average Bonchev–Trinajstić information content (AvgIpc) is 2.21. The Bertz CT molecular complexity index is 135. The standard InChI is InChI=1S/C9H18N2.C2H6/c1-3-11-8-4-7(10-2)5-9(11)6-8;1-2/h7-10H,3-6H2,1-2H3;1-2H3/p+1/t7?,8-,9+;. The Morgan fingerprint density at radius 2 is 1.69 bits per heavy atom. The molecular formula is C11H25N2+. The minimum atomic E-state index is 0.828. The molecule has 2 unspecified atom stereocenters. The number of rotatable bonds is 2. The molecule has 13 heavy (non-hydrogen) atoms. The number of fused-ring (bicyclic) bond motifs is 2. The maximum Gasteiger partial charge on any atom is 0.0949 e. The summed E-state index contributed by atoms with van der Waals surface area (Å²) in [6.45, 7) is 7.65. The van der Waals surface area contributed by atoms with Gasteiger partial charge < -0.3 is 10.2 Å². The lowest BCUT2D eigenvalue weighted by Gasteiger charge is -2.51. The maximum atomic E-state index is 3.40. The van der Waals surface area contributed by atoms with E-state index in [1.54, 1.807) is 0 Å². The van der Waals surface area contributed by atoms with Crippen LogP contribution in [0.1, 0.15) is 40.0 Å². The topological polar surface area (TPSA) is 16.5 Å². The molecule has 2 saturated heterocycles. The van der Waals surface area contributed by atoms with Crippen LogP contribution in [0, 0.1) is 0 Å². The van der Waals surface area contributed by atoms with Crippen molar-refractivity contribution in [2.24, 2.45) is 0 Å². The summed E-state index contributed by atoms with van der Waals surface area (Å²) in [4.78, 5) is 1.87. The van der Waals surface area contributed by atoms with Crippen molar-refractivity contribution in [3.8, 4) is 0 Å². The Hall–Kier alpha value is -0.0800. The third kappa shape index (κ3) is 2.05. The molecule has 0 aromatic heterocycles. The molecule has 0 aromatic rings. The van der Waals surface area contributed by atoms with E-state index in [1.807, 2.05) is 18.7 Å². The van der Waals surface area contributed by atoms with Crippen molar-refractivity contribution in [2.75, 3.05) is 13.6 Å². The third-order valence-electron chi connectivity index (χ3n) is 3.57. The molecule has 3 fully saturated rings. The van der Waals surface area contributed by atoms with Crippen molar-refractivity contribution in [1.82, 2.24) is 5.32 Å². The number of quaternary nitrogens is 1. The van der Waals surface area contributed by atoms with Crippen molar-refractivity contribution in [2.45, 2.75) is 58.2 Å². The van der Waals surface area contributed by atoms with Gasteiger partial charge in [-0.3, -0.25) is 0 Å². The lowest BCUT2D eigenvalue weighted by Crippen LogP contribution is -3.26. The van der Waals surface area contributed by atoms with Crippen LogP contribution < -0.4 is 10.2 Å². The highest BCUT2D eigenvalue weighted by atomic mass is 15.3. The smallest absolute Gasteiger partial charge is 0.0949 e. The number of hydrogen-bond donors (Lipinski definition) is 2. The highest BCUT2D eigenvalue weighted by Gasteiger charge is 2.48. The van der Waals surface area contributed by atoms with Crippen molar-refractivity contribution in [1.29, 1.82) is 0 Å². The van der Waals surface area contributed by atoms with Crippen molar-refractivity contribution in [3.05, 3.63) is 0 Å². The molecule has 1 aliphatic carbocycles. The zero-order valence-corrected chi connectivity index (χ0v) is 9.56. The van der Waals surface area contributed by atoms with Gasteiger partial charge in [-0.2, -0.15) is 0 Å². The molecule has 0 amide bonds. The SMILES string of the molecule is CC.CC[NH+]1[C@@H]2CC(NC)C[C@H]1C2. The molecule has 3 aliphatic rings. The van der Waals surface area contributed by atoms with Gasteiger partial charge >= 0.3 is 0 Å². The zero-order valence-electron chi connectivity index (χ0n) is 9.56. The first-order valence-corrected chi connectivity index (χ1v) is 5.88. The van der Waals surface area contributed by atoms with Gasteiger partial charge in [0.15, 0.2) is 0 Å². The Balaban J connectivity index is 0.000000396. The van der Waals surface area contributed by atoms with E-state index in [1.165, 1.54) is 25.8 Å². The molecule has 2 nitrogen and oxygen atoms in total. The van der Waals surface area contributed by atoms with Gasteiger partial charge in [0.25, 0.3) is 0 Å². The van der Waals surface area contributed by atoms with Crippen LogP contribution in [0.5, 0.6) is 0 Å². The van der Waals surface area contributed by atoms with Crippen LogP contribution in [0.15, 0.2) is 0 Å². The van der Waals surface area contributed by atoms with Crippen LogP contribution in [0.4, 0.5) is 0 Å². The van der Waals surface area contributed by atoms with Gasteiger partial charge in [0.1, 0.15) is 0 Å². The summed E-state index contributed by atoms with van der Waals surface area (Å²) in [7, 11) is 2.10. The highest BCUT2D eigenvalue weighted by Crippen LogP contribution is 2.23. The molecule has 0 spiro atoms. The summed E-state index contributed by atoms with van der Waals surface area (Å²) in [5.74, 6) is 0. The fourth-order valence-electron chi connectivity index (χ4n) is 2.91. The van der Waals surface area contributed by atoms with E-state index < -0.39 is 0 Å². The summed E-state index contributed by atoms with van der Waals surface area (Å²) in [5.41, 5.74) is 0. The molecule has 2 heteroatoms. The largest absolute Gasteiger partial charge is 0.330 e. The first-order valence-electron chi connectivity index (χ1n) is 5.88. The van der Waals surface area contributed by atoms with Crippen LogP contribution in [-0.2, 0) is 0 Å². The summed E-state index contributed by atoms with van der Waals surface area (Å²) < 4.78 is 0. The van der Waals surface area contributed by atoms with Crippen molar-refractivity contribution in [3.63, 3.8) is 0 Å². The molecular weight excluding hydrogens is 160 g/mol. The van der Waals surface area contributed by atoms with Gasteiger partial charge in [0.05, 0.1) is 25.0 Å². The second kappa shape index (κ2) is 4.97. The molecule has 2 heterocycles. The van der Waals surface area contributed by atoms with E-state index >= 15 is 0 Å². The minimum absolute atomic E-state index is 0.828. The summed E-state index contributed by atoms with van der Waals surface area (Å²) in [6.07, 6.45) is 4.33. The summed E-state index contributed by atoms with van der Waals surface area (Å²) >= 11 is 0. The predicted molar refractivity (Wildman–Crippen MR) is 57.1 cm³/mol. The first-order chi connectivity index (χ1) is 6.35. The van der Waals surface area contributed by atoms with E-state index in [0.717, 1.165) is 18.1 Å². The van der Waals surface area contributed by atoms with Crippen LogP contribution >= 0.6 is 0 Å². The van der Waals surface area contributed by atoms with Gasteiger partial charge in [-0.05, 0) is 14.0 Å². The summed E-state index contributed by atoms with van der Waals surface area (Å²) in [5, 5.41) is 3.40. The molecule has 1 saturated carbocycles. The fraction of sp³-hybridized carbons (Fsp3) is 1.00. The molecule has 0 aromatic carbocycles. The molecule has 2 bridgehead atoms. The lowest BCUT2D eigenvalue weighted by atomic mass is 9.77. The zero-order chi connectivity index (χ0) is 9.84. The molecule has 3 rings (SSSR count). The van der Waals surface area contributed by atoms with E-state index in [0.29, 0.717) is 0 Å². The normalized spacial score (nSPS) is 41.5. The van der Waals surface area contributed by atoms with Crippen LogP contribution in [0.25, 0.3) is 0 Å². The fourth-order valence-corrected chi connectivity index (χ4v) is 2.91. The number of hydrogen-bond acceptors (Lipinski definition) is 1. The number of nitrogens with one attached hydrogen (secondary N) is 2. The average molecular weight is 185 g/mol. The molecule has 0 radical (unpaired) electrons. The number of piperidine rings is 1. The van der Waals surface area contributed by atoms with E-state index in [2.05, 4.69) is 19.3 Å². The Morgan fingerprint density at radius 1 is 1.15 bits per heavy atom. The Kier molecular flexibility index (Phi) is 4.20. The van der Waals surface area contributed by atoms with E-state index in [9.17, 15) is 0 Å². The van der Waals surface area contributed by atoms with Crippen LogP contribution in [0.2, 0.25) is 0 Å². The third-order valence-corrected chi connectivity index (χ3v) is 3.57. The van der Waals surface area contributed by atoms with Gasteiger partial charge in [-0.15, -0.1) is 0 Å². The van der Waals surface area contributed by atoms with Crippen LogP contribution in [-0.4, -0.2) is 31.7 Å². The first kappa shape index (κ1) is 11.0. The molecule has 2 aliphatic heterocycles. The van der Waals surface area contributed by atoms with E-state index in [-0.39, 0.29) is 0 Å². The Labute approximate surface area is 82.7 Å². The quantitative estimate of drug-likeness (QED) is 0.638. The summed E-state index contributed by atoms with van der Waals surface area (Å²) in [6, 6.07) is 2.82. The van der Waals surface area contributed by atoms with Crippen molar-refractivity contribution < 1.29 is 4.90 Å². The van der Waals surface area contributed by atoms with Crippen molar-refractivity contribution >= 4 is 0 Å². The second-order valence-electron chi connectivity index (χ2n) is 4.02.